The van der Waals surface area contributed by atoms with Gasteiger partial charge in [0, 0.05) is 18.8 Å². The highest BCUT2D eigenvalue weighted by Gasteiger charge is 2.61. The highest BCUT2D eigenvalue weighted by molar-refractivity contribution is 5.90. The van der Waals surface area contributed by atoms with Gasteiger partial charge in [-0.05, 0) is 51.7 Å². The average Bonchev–Trinajstić information content (AvgIpc) is 3.59. The molecule has 1 amide bonds. The predicted molar refractivity (Wildman–Crippen MR) is 156 cm³/mol. The summed E-state index contributed by atoms with van der Waals surface area (Å²) in [6.45, 7) is 4.13. The molecule has 0 spiro atoms. The number of benzene rings is 1. The fourth-order valence-corrected chi connectivity index (χ4v) is 4.93. The van der Waals surface area contributed by atoms with Crippen LogP contribution in [-0.2, 0) is 41.3 Å². The standard InChI is InChI=1S/C31H30F6N6O4/c1-28(2,3)47-27(44)38-21-15-20(30(32,33)34)23-22-19(16-43(4)42-22)13-9-6-10-14-29(31(35,36)37,45-17-18-11-7-5-8-12-18)26-41-40-25(46-26)24(21)39-23/h5-9,11-12,15-16H,10,13-14,17H2,1-4H3,(H,38,44)/b9-6-. The average molecular weight is 665 g/mol. The molecule has 0 fully saturated rings. The first kappa shape index (κ1) is 33.6. The number of pyridine rings is 1. The van der Waals surface area contributed by atoms with Gasteiger partial charge >= 0.3 is 18.4 Å². The first-order valence-corrected chi connectivity index (χ1v) is 14.4. The minimum Gasteiger partial charge on any atom is -0.444 e. The Morgan fingerprint density at radius 1 is 1.02 bits per heavy atom. The molecule has 250 valence electrons. The number of anilines is 1. The molecule has 4 heterocycles. The number of aryl methyl sites for hydroxylation is 1. The van der Waals surface area contributed by atoms with Crippen LogP contribution in [0.2, 0.25) is 0 Å². The van der Waals surface area contributed by atoms with Crippen molar-refractivity contribution in [1.82, 2.24) is 25.0 Å². The lowest BCUT2D eigenvalue weighted by atomic mass is 9.95. The minimum atomic E-state index is -5.08. The van der Waals surface area contributed by atoms with E-state index in [1.54, 1.807) is 30.3 Å². The normalized spacial score (nSPS) is 17.8. The summed E-state index contributed by atoms with van der Waals surface area (Å²) in [5.41, 5.74) is -6.63. The number of alkyl halides is 6. The summed E-state index contributed by atoms with van der Waals surface area (Å²) in [6.07, 6.45) is -7.59. The second-order valence-electron chi connectivity index (χ2n) is 11.8. The van der Waals surface area contributed by atoms with E-state index in [-0.39, 0.29) is 18.5 Å². The van der Waals surface area contributed by atoms with Crippen molar-refractivity contribution in [3.05, 3.63) is 77.3 Å². The first-order chi connectivity index (χ1) is 22.0. The van der Waals surface area contributed by atoms with Gasteiger partial charge in [0.1, 0.15) is 17.0 Å². The first-order valence-electron chi connectivity index (χ1n) is 14.4. The van der Waals surface area contributed by atoms with E-state index >= 15 is 13.2 Å². The summed E-state index contributed by atoms with van der Waals surface area (Å²) in [5.74, 6) is -1.70. The molecule has 10 nitrogen and oxygen atoms in total. The van der Waals surface area contributed by atoms with Crippen LogP contribution in [0.1, 0.15) is 56.2 Å². The van der Waals surface area contributed by atoms with Crippen molar-refractivity contribution < 1.29 is 45.0 Å². The lowest BCUT2D eigenvalue weighted by Gasteiger charge is -2.32. The van der Waals surface area contributed by atoms with E-state index in [9.17, 15) is 18.0 Å². The molecule has 1 aliphatic rings. The number of aromatic nitrogens is 5. The fraction of sp³-hybridized carbons (Fsp3) is 0.387. The molecule has 1 aromatic carbocycles. The zero-order valence-corrected chi connectivity index (χ0v) is 25.7. The number of nitrogens with zero attached hydrogens (tertiary/aromatic N) is 5. The van der Waals surface area contributed by atoms with Crippen LogP contribution in [0.25, 0.3) is 23.0 Å². The summed E-state index contributed by atoms with van der Waals surface area (Å²) >= 11 is 0. The van der Waals surface area contributed by atoms with Crippen LogP contribution in [0.3, 0.4) is 0 Å². The van der Waals surface area contributed by atoms with Gasteiger partial charge in [-0.2, -0.15) is 31.4 Å². The van der Waals surface area contributed by atoms with Gasteiger partial charge in [0.15, 0.2) is 5.69 Å². The number of carbonyl (C=O) groups excluding carboxylic acids is 1. The molecule has 0 saturated carbocycles. The number of fused-ring (bicyclic) bond motifs is 7. The van der Waals surface area contributed by atoms with Crippen LogP contribution < -0.4 is 5.32 Å². The second kappa shape index (κ2) is 12.5. The summed E-state index contributed by atoms with van der Waals surface area (Å²) in [7, 11) is 1.50. The Hall–Kier alpha value is -4.73. The van der Waals surface area contributed by atoms with Crippen molar-refractivity contribution >= 4 is 11.8 Å². The Balaban J connectivity index is 1.74. The number of rotatable bonds is 4. The molecule has 1 N–H and O–H groups in total. The summed E-state index contributed by atoms with van der Waals surface area (Å²) in [5, 5.41) is 13.9. The minimum absolute atomic E-state index is 0.0255. The number of ether oxygens (including phenoxy) is 2. The molecule has 1 unspecified atom stereocenters. The van der Waals surface area contributed by atoms with Crippen LogP contribution in [0, 0.1) is 0 Å². The van der Waals surface area contributed by atoms with E-state index in [2.05, 4.69) is 25.6 Å². The van der Waals surface area contributed by atoms with Crippen molar-refractivity contribution in [3.8, 4) is 23.0 Å². The summed E-state index contributed by atoms with van der Waals surface area (Å²) in [6, 6.07) is 8.72. The van der Waals surface area contributed by atoms with Gasteiger partial charge in [-0.15, -0.1) is 10.2 Å². The number of allylic oxidation sites excluding steroid dienone is 2. The van der Waals surface area contributed by atoms with E-state index in [0.29, 0.717) is 17.2 Å². The van der Waals surface area contributed by atoms with Gasteiger partial charge in [0.25, 0.3) is 11.8 Å². The van der Waals surface area contributed by atoms with Crippen LogP contribution in [0.4, 0.5) is 36.8 Å². The van der Waals surface area contributed by atoms with E-state index in [1.165, 1.54) is 50.8 Å². The van der Waals surface area contributed by atoms with Crippen molar-refractivity contribution in [2.45, 2.75) is 70.2 Å². The number of nitrogens with one attached hydrogen (secondary N) is 1. The molecule has 4 bridgehead atoms. The van der Waals surface area contributed by atoms with Crippen molar-refractivity contribution in [2.24, 2.45) is 7.05 Å². The predicted octanol–water partition coefficient (Wildman–Crippen LogP) is 7.76. The molecule has 47 heavy (non-hydrogen) atoms. The fourth-order valence-electron chi connectivity index (χ4n) is 4.93. The molecular weight excluding hydrogens is 634 g/mol. The van der Waals surface area contributed by atoms with Gasteiger partial charge < -0.3 is 13.9 Å². The molecule has 4 aromatic rings. The highest BCUT2D eigenvalue weighted by Crippen LogP contribution is 2.47. The zero-order chi connectivity index (χ0) is 34.2. The second-order valence-corrected chi connectivity index (χ2v) is 11.8. The highest BCUT2D eigenvalue weighted by atomic mass is 19.4. The van der Waals surface area contributed by atoms with Crippen LogP contribution in [-0.4, -0.2) is 42.8 Å². The maximum Gasteiger partial charge on any atom is 0.426 e. The molecule has 16 heteroatoms. The monoisotopic (exact) mass is 664 g/mol. The Bertz CT molecular complexity index is 1780. The van der Waals surface area contributed by atoms with E-state index in [4.69, 9.17) is 13.9 Å². The quantitative estimate of drug-likeness (QED) is 0.174. The van der Waals surface area contributed by atoms with Crippen molar-refractivity contribution in [1.29, 1.82) is 0 Å². The van der Waals surface area contributed by atoms with Crippen molar-refractivity contribution in [2.75, 3.05) is 5.32 Å². The number of hydrogen-bond acceptors (Lipinski definition) is 8. The van der Waals surface area contributed by atoms with Gasteiger partial charge in [-0.25, -0.2) is 9.78 Å². The molecule has 5 rings (SSSR count). The summed E-state index contributed by atoms with van der Waals surface area (Å²) in [4.78, 5) is 16.9. The Kier molecular flexibility index (Phi) is 8.92. The summed E-state index contributed by atoms with van der Waals surface area (Å²) < 4.78 is 106. The molecular formula is C31H30F6N6O4. The van der Waals surface area contributed by atoms with Gasteiger partial charge in [0.2, 0.25) is 5.60 Å². The van der Waals surface area contributed by atoms with Crippen molar-refractivity contribution in [3.63, 3.8) is 0 Å². The zero-order valence-electron chi connectivity index (χ0n) is 25.7. The topological polar surface area (TPSA) is 117 Å². The van der Waals surface area contributed by atoms with Crippen LogP contribution in [0.5, 0.6) is 0 Å². The number of amides is 1. The van der Waals surface area contributed by atoms with Gasteiger partial charge in [0.05, 0.1) is 17.9 Å². The third-order valence-electron chi connectivity index (χ3n) is 7.02. The SMILES string of the molecule is Cn1cc2c(n1)-c1nc(c(NC(=O)OC(C)(C)C)cc1C(F)(F)F)-c1nnc(o1)C(OCc1ccccc1)(C(F)(F)F)CC/C=C\C2. The largest absolute Gasteiger partial charge is 0.444 e. The smallest absolute Gasteiger partial charge is 0.426 e. The molecule has 0 radical (unpaired) electrons. The van der Waals surface area contributed by atoms with Crippen LogP contribution in [0.15, 0.2) is 59.2 Å². The third-order valence-corrected chi connectivity index (χ3v) is 7.02. The molecule has 3 aromatic heterocycles. The number of carbonyl (C=O) groups is 1. The Morgan fingerprint density at radius 2 is 1.74 bits per heavy atom. The van der Waals surface area contributed by atoms with E-state index in [0.717, 1.165) is 0 Å². The maximum absolute atomic E-state index is 15.1. The molecule has 1 atom stereocenters. The van der Waals surface area contributed by atoms with Gasteiger partial charge in [-0.3, -0.25) is 10.00 Å². The lowest BCUT2D eigenvalue weighted by molar-refractivity contribution is -0.299. The van der Waals surface area contributed by atoms with E-state index in [1.807, 2.05) is 0 Å². The molecule has 1 aliphatic heterocycles. The Morgan fingerprint density at radius 3 is 2.40 bits per heavy atom. The molecule has 0 aliphatic carbocycles. The van der Waals surface area contributed by atoms with E-state index < -0.39 is 77.1 Å². The lowest BCUT2D eigenvalue weighted by Crippen LogP contribution is -2.45. The molecule has 0 saturated heterocycles. The van der Waals surface area contributed by atoms with Crippen LogP contribution >= 0.6 is 0 Å². The number of halogens is 6. The Labute approximate surface area is 264 Å². The third kappa shape index (κ3) is 7.32. The maximum atomic E-state index is 15.1. The van der Waals surface area contributed by atoms with Gasteiger partial charge in [-0.1, -0.05) is 42.5 Å². The number of hydrogen-bond donors (Lipinski definition) is 1.